The van der Waals surface area contributed by atoms with E-state index in [1.165, 1.54) is 25.7 Å². The maximum Gasteiger partial charge on any atom is 0.266 e. The molecule has 0 unspecified atom stereocenters. The van der Waals surface area contributed by atoms with E-state index in [0.717, 1.165) is 44.4 Å². The molecule has 1 aromatic rings. The van der Waals surface area contributed by atoms with E-state index >= 15 is 0 Å². The van der Waals surface area contributed by atoms with Crippen molar-refractivity contribution in [3.8, 4) is 0 Å². The Kier molecular flexibility index (Phi) is 3.27. The minimum Gasteiger partial charge on any atom is -0.338 e. The number of rotatable bonds is 2. The molecule has 1 N–H and O–H groups in total. The lowest BCUT2D eigenvalue weighted by atomic mass is 10.00. The minimum absolute atomic E-state index is 0.412. The number of piperidine rings is 2. The molecule has 0 radical (unpaired) electrons. The quantitative estimate of drug-likeness (QED) is 0.844. The second-order valence-corrected chi connectivity index (χ2v) is 5.02. The van der Waals surface area contributed by atoms with Gasteiger partial charge in [0, 0.05) is 19.6 Å². The molecule has 94 valence electrons. The molecule has 3 rings (SSSR count). The van der Waals surface area contributed by atoms with Gasteiger partial charge in [-0.2, -0.15) is 4.98 Å². The third-order valence-corrected chi connectivity index (χ3v) is 3.72. The molecule has 1 aromatic heterocycles. The summed E-state index contributed by atoms with van der Waals surface area (Å²) in [6.07, 6.45) is 6.18. The van der Waals surface area contributed by atoms with Gasteiger partial charge in [0.05, 0.1) is 5.92 Å². The lowest BCUT2D eigenvalue weighted by Gasteiger charge is -2.24. The largest absolute Gasteiger partial charge is 0.338 e. The van der Waals surface area contributed by atoms with Crippen molar-refractivity contribution in [3.63, 3.8) is 0 Å². The summed E-state index contributed by atoms with van der Waals surface area (Å²) in [7, 11) is 0. The first-order valence-corrected chi connectivity index (χ1v) is 6.73. The van der Waals surface area contributed by atoms with E-state index in [2.05, 4.69) is 20.4 Å². The zero-order chi connectivity index (χ0) is 11.5. The Morgan fingerprint density at radius 1 is 1.18 bits per heavy atom. The molecule has 1 atom stereocenters. The number of hydrogen-bond acceptors (Lipinski definition) is 5. The lowest BCUT2D eigenvalue weighted by Crippen LogP contribution is -2.30. The van der Waals surface area contributed by atoms with Crippen molar-refractivity contribution in [2.24, 2.45) is 0 Å². The molecule has 2 saturated heterocycles. The molecule has 2 aliphatic rings. The molecule has 5 nitrogen and oxygen atoms in total. The topological polar surface area (TPSA) is 54.2 Å². The van der Waals surface area contributed by atoms with Crippen LogP contribution in [0.1, 0.15) is 43.9 Å². The number of nitrogens with zero attached hydrogens (tertiary/aromatic N) is 3. The first-order valence-electron chi connectivity index (χ1n) is 6.73. The van der Waals surface area contributed by atoms with E-state index in [4.69, 9.17) is 4.52 Å². The molecule has 0 amide bonds. The summed E-state index contributed by atoms with van der Waals surface area (Å²) < 4.78 is 5.41. The van der Waals surface area contributed by atoms with Crippen molar-refractivity contribution in [2.45, 2.75) is 38.0 Å². The highest BCUT2D eigenvalue weighted by Crippen LogP contribution is 2.24. The first-order chi connectivity index (χ1) is 8.43. The Hall–Kier alpha value is -1.10. The van der Waals surface area contributed by atoms with Crippen LogP contribution >= 0.6 is 0 Å². The minimum atomic E-state index is 0.412. The maximum absolute atomic E-state index is 5.41. The van der Waals surface area contributed by atoms with Crippen LogP contribution in [0.2, 0.25) is 0 Å². The highest BCUT2D eigenvalue weighted by Gasteiger charge is 2.23. The van der Waals surface area contributed by atoms with Gasteiger partial charge in [-0.3, -0.25) is 0 Å². The van der Waals surface area contributed by atoms with E-state index < -0.39 is 0 Å². The van der Waals surface area contributed by atoms with Gasteiger partial charge in [0.1, 0.15) is 0 Å². The maximum atomic E-state index is 5.41. The predicted molar refractivity (Wildman–Crippen MR) is 65.2 cm³/mol. The molecule has 0 spiro atoms. The van der Waals surface area contributed by atoms with Gasteiger partial charge in [0.15, 0.2) is 0 Å². The van der Waals surface area contributed by atoms with Crippen molar-refractivity contribution >= 4 is 5.95 Å². The van der Waals surface area contributed by atoms with Gasteiger partial charge in [-0.05, 0) is 43.8 Å². The normalized spacial score (nSPS) is 26.1. The van der Waals surface area contributed by atoms with Crippen molar-refractivity contribution in [2.75, 3.05) is 31.1 Å². The third-order valence-electron chi connectivity index (χ3n) is 3.72. The number of hydrogen-bond donors (Lipinski definition) is 1. The number of aromatic nitrogens is 2. The van der Waals surface area contributed by atoms with E-state index in [1.807, 2.05) is 0 Å². The molecule has 2 fully saturated rings. The van der Waals surface area contributed by atoms with Gasteiger partial charge in [0.25, 0.3) is 5.95 Å². The van der Waals surface area contributed by atoms with Crippen LogP contribution < -0.4 is 10.2 Å². The fourth-order valence-electron chi connectivity index (χ4n) is 2.68. The summed E-state index contributed by atoms with van der Waals surface area (Å²) >= 11 is 0. The first kappa shape index (κ1) is 11.0. The Morgan fingerprint density at radius 2 is 2.06 bits per heavy atom. The average molecular weight is 236 g/mol. The SMILES string of the molecule is C1CCN(c2noc([C@@H]3CCCNC3)n2)CC1. The van der Waals surface area contributed by atoms with Gasteiger partial charge < -0.3 is 14.7 Å². The summed E-state index contributed by atoms with van der Waals surface area (Å²) in [6, 6.07) is 0. The van der Waals surface area contributed by atoms with Crippen LogP contribution in [0.3, 0.4) is 0 Å². The fraction of sp³-hybridized carbons (Fsp3) is 0.833. The standard InChI is InChI=1S/C12H20N4O/c1-2-7-16(8-3-1)12-14-11(17-15-12)10-5-4-6-13-9-10/h10,13H,1-9H2/t10-/m1/s1. The highest BCUT2D eigenvalue weighted by atomic mass is 16.5. The third kappa shape index (κ3) is 2.44. The van der Waals surface area contributed by atoms with Crippen LogP contribution in [0.25, 0.3) is 0 Å². The molecule has 2 aliphatic heterocycles. The summed E-state index contributed by atoms with van der Waals surface area (Å²) in [5.41, 5.74) is 0. The summed E-state index contributed by atoms with van der Waals surface area (Å²) in [6.45, 7) is 4.23. The van der Waals surface area contributed by atoms with Crippen molar-refractivity contribution in [3.05, 3.63) is 5.89 Å². The van der Waals surface area contributed by atoms with E-state index in [-0.39, 0.29) is 0 Å². The lowest BCUT2D eigenvalue weighted by molar-refractivity contribution is 0.321. The second kappa shape index (κ2) is 5.04. The Labute approximate surface area is 102 Å². The zero-order valence-electron chi connectivity index (χ0n) is 10.2. The summed E-state index contributed by atoms with van der Waals surface area (Å²) in [5, 5.41) is 7.51. The number of anilines is 1. The highest BCUT2D eigenvalue weighted by molar-refractivity contribution is 5.28. The monoisotopic (exact) mass is 236 g/mol. The van der Waals surface area contributed by atoms with Crippen LogP contribution in [-0.4, -0.2) is 36.3 Å². The van der Waals surface area contributed by atoms with Crippen LogP contribution in [0.4, 0.5) is 5.95 Å². The molecule has 5 heteroatoms. The smallest absolute Gasteiger partial charge is 0.266 e. The van der Waals surface area contributed by atoms with Gasteiger partial charge in [0.2, 0.25) is 5.89 Å². The molecule has 0 saturated carbocycles. The van der Waals surface area contributed by atoms with Gasteiger partial charge in [-0.1, -0.05) is 0 Å². The molecular formula is C12H20N4O. The second-order valence-electron chi connectivity index (χ2n) is 5.02. The predicted octanol–water partition coefficient (Wildman–Crippen LogP) is 1.53. The summed E-state index contributed by atoms with van der Waals surface area (Å²) in [5.74, 6) is 2.03. The zero-order valence-corrected chi connectivity index (χ0v) is 10.2. The van der Waals surface area contributed by atoms with Crippen molar-refractivity contribution in [1.29, 1.82) is 0 Å². The molecule has 0 aromatic carbocycles. The van der Waals surface area contributed by atoms with Crippen LogP contribution in [0.15, 0.2) is 4.52 Å². The van der Waals surface area contributed by atoms with Crippen molar-refractivity contribution < 1.29 is 4.52 Å². The number of nitrogens with one attached hydrogen (secondary N) is 1. The molecule has 0 bridgehead atoms. The van der Waals surface area contributed by atoms with E-state index in [1.54, 1.807) is 0 Å². The van der Waals surface area contributed by atoms with Crippen LogP contribution in [0.5, 0.6) is 0 Å². The van der Waals surface area contributed by atoms with Crippen LogP contribution in [-0.2, 0) is 0 Å². The van der Waals surface area contributed by atoms with Gasteiger partial charge in [-0.25, -0.2) is 0 Å². The van der Waals surface area contributed by atoms with Crippen molar-refractivity contribution in [1.82, 2.24) is 15.5 Å². The molecular weight excluding hydrogens is 216 g/mol. The van der Waals surface area contributed by atoms with Gasteiger partial charge >= 0.3 is 0 Å². The summed E-state index contributed by atoms with van der Waals surface area (Å²) in [4.78, 5) is 6.81. The fourth-order valence-corrected chi connectivity index (χ4v) is 2.68. The molecule has 0 aliphatic carbocycles. The Morgan fingerprint density at radius 3 is 2.82 bits per heavy atom. The van der Waals surface area contributed by atoms with Gasteiger partial charge in [-0.15, -0.1) is 0 Å². The molecule has 17 heavy (non-hydrogen) atoms. The molecule has 3 heterocycles. The van der Waals surface area contributed by atoms with E-state index in [9.17, 15) is 0 Å². The van der Waals surface area contributed by atoms with Crippen LogP contribution in [0, 0.1) is 0 Å². The average Bonchev–Trinajstić information content (AvgIpc) is 2.90. The Bertz CT molecular complexity index is 321. The van der Waals surface area contributed by atoms with E-state index in [0.29, 0.717) is 5.92 Å². The Balaban J connectivity index is 1.68.